The Hall–Kier alpha value is -3.41. The Kier molecular flexibility index (Phi) is 4.10. The molecule has 0 spiro atoms. The molecule has 0 unspecified atom stereocenters. The molecule has 25 heavy (non-hydrogen) atoms. The third-order valence-electron chi connectivity index (χ3n) is 3.80. The number of hydrogen-bond acceptors (Lipinski definition) is 4. The van der Waals surface area contributed by atoms with Crippen LogP contribution in [0.1, 0.15) is 16.7 Å². The minimum absolute atomic E-state index is 0.0644. The van der Waals surface area contributed by atoms with Gasteiger partial charge < -0.3 is 5.11 Å². The zero-order valence-corrected chi connectivity index (χ0v) is 13.7. The van der Waals surface area contributed by atoms with Crippen molar-refractivity contribution in [2.45, 2.75) is 13.8 Å². The maximum Gasteiger partial charge on any atom is 0.335 e. The lowest BCUT2D eigenvalue weighted by Crippen LogP contribution is -2.54. The van der Waals surface area contributed by atoms with Crippen LogP contribution in [-0.4, -0.2) is 23.0 Å². The number of carbonyl (C=O) groups excluding carboxylic acids is 3. The molecule has 0 atom stereocenters. The van der Waals surface area contributed by atoms with Crippen LogP contribution < -0.4 is 10.2 Å². The first-order valence-electron chi connectivity index (χ1n) is 7.64. The number of urea groups is 1. The van der Waals surface area contributed by atoms with E-state index in [9.17, 15) is 19.5 Å². The van der Waals surface area contributed by atoms with Crippen LogP contribution in [-0.2, 0) is 9.59 Å². The summed E-state index contributed by atoms with van der Waals surface area (Å²) in [4.78, 5) is 38.0. The summed E-state index contributed by atoms with van der Waals surface area (Å²) in [6, 6.07) is 10.8. The first-order valence-corrected chi connectivity index (χ1v) is 7.64. The van der Waals surface area contributed by atoms with Gasteiger partial charge in [-0.25, -0.2) is 9.69 Å². The van der Waals surface area contributed by atoms with Crippen LogP contribution in [0.4, 0.5) is 10.5 Å². The SMILES string of the molecule is Cc1cc(C)cc(N2C(=O)NC(=O)/C(=C\c3ccccc3O)C2=O)c1. The molecule has 3 rings (SSSR count). The topological polar surface area (TPSA) is 86.7 Å². The van der Waals surface area contributed by atoms with Crippen LogP contribution >= 0.6 is 0 Å². The van der Waals surface area contributed by atoms with Gasteiger partial charge in [-0.05, 0) is 49.2 Å². The molecule has 4 amide bonds. The number of imide groups is 2. The molecule has 2 N–H and O–H groups in total. The maximum atomic E-state index is 12.8. The molecule has 126 valence electrons. The Morgan fingerprint density at radius 3 is 2.28 bits per heavy atom. The predicted octanol–water partition coefficient (Wildman–Crippen LogP) is 2.68. The highest BCUT2D eigenvalue weighted by Crippen LogP contribution is 2.26. The van der Waals surface area contributed by atoms with E-state index in [-0.39, 0.29) is 11.3 Å². The maximum absolute atomic E-state index is 12.8. The van der Waals surface area contributed by atoms with Crippen molar-refractivity contribution in [2.24, 2.45) is 0 Å². The number of rotatable bonds is 2. The normalized spacial score (nSPS) is 16.3. The molecule has 0 radical (unpaired) electrons. The first-order chi connectivity index (χ1) is 11.9. The third-order valence-corrected chi connectivity index (χ3v) is 3.80. The zero-order valence-electron chi connectivity index (χ0n) is 13.7. The van der Waals surface area contributed by atoms with Crippen molar-refractivity contribution in [3.63, 3.8) is 0 Å². The molecular formula is C19H16N2O4. The molecule has 0 saturated carbocycles. The lowest BCUT2D eigenvalue weighted by molar-refractivity contribution is -0.122. The van der Waals surface area contributed by atoms with Gasteiger partial charge in [0.1, 0.15) is 11.3 Å². The zero-order chi connectivity index (χ0) is 18.1. The van der Waals surface area contributed by atoms with Gasteiger partial charge in [-0.2, -0.15) is 0 Å². The van der Waals surface area contributed by atoms with E-state index in [1.807, 2.05) is 19.9 Å². The number of nitrogens with zero attached hydrogens (tertiary/aromatic N) is 1. The summed E-state index contributed by atoms with van der Waals surface area (Å²) < 4.78 is 0. The van der Waals surface area contributed by atoms with Gasteiger partial charge in [0.05, 0.1) is 5.69 Å². The van der Waals surface area contributed by atoms with Crippen molar-refractivity contribution in [3.8, 4) is 5.75 Å². The average Bonchev–Trinajstić information content (AvgIpc) is 2.52. The van der Waals surface area contributed by atoms with Crippen molar-refractivity contribution in [3.05, 3.63) is 64.7 Å². The van der Waals surface area contributed by atoms with Gasteiger partial charge in [0.2, 0.25) is 0 Å². The fourth-order valence-corrected chi connectivity index (χ4v) is 2.74. The second-order valence-electron chi connectivity index (χ2n) is 5.86. The van der Waals surface area contributed by atoms with Crippen molar-refractivity contribution in [2.75, 3.05) is 4.90 Å². The molecule has 2 aromatic carbocycles. The van der Waals surface area contributed by atoms with Crippen LogP contribution in [0.2, 0.25) is 0 Å². The van der Waals surface area contributed by atoms with Crippen LogP contribution in [0.5, 0.6) is 5.75 Å². The van der Waals surface area contributed by atoms with Crippen molar-refractivity contribution in [1.29, 1.82) is 0 Å². The van der Waals surface area contributed by atoms with Crippen LogP contribution in [0, 0.1) is 13.8 Å². The Morgan fingerprint density at radius 1 is 1.00 bits per heavy atom. The van der Waals surface area contributed by atoms with Gasteiger partial charge in [-0.15, -0.1) is 0 Å². The summed E-state index contributed by atoms with van der Waals surface area (Å²) in [6.45, 7) is 3.71. The van der Waals surface area contributed by atoms with Gasteiger partial charge in [0.25, 0.3) is 11.8 Å². The average molecular weight is 336 g/mol. The number of aryl methyl sites for hydroxylation is 2. The molecule has 1 saturated heterocycles. The van der Waals surface area contributed by atoms with Gasteiger partial charge in [-0.3, -0.25) is 14.9 Å². The summed E-state index contributed by atoms with van der Waals surface area (Å²) in [5.41, 5.74) is 2.25. The number of amides is 4. The van der Waals surface area contributed by atoms with Crippen molar-refractivity contribution >= 4 is 29.6 Å². The smallest absolute Gasteiger partial charge is 0.335 e. The quantitative estimate of drug-likeness (QED) is 0.652. The second-order valence-corrected chi connectivity index (χ2v) is 5.86. The first kappa shape index (κ1) is 16.4. The number of phenols is 1. The van der Waals surface area contributed by atoms with Crippen molar-refractivity contribution < 1.29 is 19.5 Å². The molecule has 2 aromatic rings. The Labute approximate surface area is 144 Å². The number of aromatic hydroxyl groups is 1. The molecular weight excluding hydrogens is 320 g/mol. The highest BCUT2D eigenvalue weighted by atomic mass is 16.3. The van der Waals surface area contributed by atoms with Crippen LogP contribution in [0.3, 0.4) is 0 Å². The molecule has 0 bridgehead atoms. The minimum Gasteiger partial charge on any atom is -0.507 e. The molecule has 6 nitrogen and oxygen atoms in total. The van der Waals surface area contributed by atoms with E-state index in [0.717, 1.165) is 16.0 Å². The Bertz CT molecular complexity index is 911. The number of anilines is 1. The molecule has 0 aliphatic carbocycles. The fraction of sp³-hybridized carbons (Fsp3) is 0.105. The monoisotopic (exact) mass is 336 g/mol. The van der Waals surface area contributed by atoms with Gasteiger partial charge >= 0.3 is 6.03 Å². The van der Waals surface area contributed by atoms with Gasteiger partial charge in [0, 0.05) is 5.56 Å². The molecule has 1 fully saturated rings. The standard InChI is InChI=1S/C19H16N2O4/c1-11-7-12(2)9-14(8-11)21-18(24)15(17(23)20-19(21)25)10-13-5-3-4-6-16(13)22/h3-10,22H,1-2H3,(H,20,23,25)/b15-10+. The summed E-state index contributed by atoms with van der Waals surface area (Å²) in [5.74, 6) is -1.59. The minimum atomic E-state index is -0.797. The number of barbiturate groups is 1. The van der Waals surface area contributed by atoms with E-state index in [0.29, 0.717) is 11.3 Å². The van der Waals surface area contributed by atoms with Crippen LogP contribution in [0.25, 0.3) is 6.08 Å². The van der Waals surface area contributed by atoms with E-state index < -0.39 is 17.8 Å². The van der Waals surface area contributed by atoms with E-state index >= 15 is 0 Å². The largest absolute Gasteiger partial charge is 0.507 e. The Balaban J connectivity index is 2.07. The third kappa shape index (κ3) is 3.14. The van der Waals surface area contributed by atoms with E-state index in [4.69, 9.17) is 0 Å². The molecule has 0 aromatic heterocycles. The molecule has 1 aliphatic heterocycles. The molecule has 1 heterocycles. The predicted molar refractivity (Wildman–Crippen MR) is 93.0 cm³/mol. The number of hydrogen-bond donors (Lipinski definition) is 2. The number of phenolic OH excluding ortho intramolecular Hbond substituents is 1. The number of nitrogens with one attached hydrogen (secondary N) is 1. The summed E-state index contributed by atoms with van der Waals surface area (Å²) in [6.07, 6.45) is 1.27. The number of carbonyl (C=O) groups is 3. The second kappa shape index (κ2) is 6.24. The van der Waals surface area contributed by atoms with E-state index in [2.05, 4.69) is 5.32 Å². The summed E-state index contributed by atoms with van der Waals surface area (Å²) >= 11 is 0. The number of benzene rings is 2. The highest BCUT2D eigenvalue weighted by Gasteiger charge is 2.37. The molecule has 1 aliphatic rings. The highest BCUT2D eigenvalue weighted by molar-refractivity contribution is 6.39. The number of para-hydroxylation sites is 1. The lowest BCUT2D eigenvalue weighted by Gasteiger charge is -2.27. The van der Waals surface area contributed by atoms with Gasteiger partial charge in [0.15, 0.2) is 0 Å². The van der Waals surface area contributed by atoms with Gasteiger partial charge in [-0.1, -0.05) is 24.3 Å². The fourth-order valence-electron chi connectivity index (χ4n) is 2.74. The molecule has 6 heteroatoms. The summed E-state index contributed by atoms with van der Waals surface area (Å²) in [7, 11) is 0. The van der Waals surface area contributed by atoms with Crippen LogP contribution in [0.15, 0.2) is 48.0 Å². The van der Waals surface area contributed by atoms with Crippen molar-refractivity contribution in [1.82, 2.24) is 5.32 Å². The lowest BCUT2D eigenvalue weighted by atomic mass is 10.0. The van der Waals surface area contributed by atoms with E-state index in [1.165, 1.54) is 12.1 Å². The Morgan fingerprint density at radius 2 is 1.64 bits per heavy atom. The summed E-state index contributed by atoms with van der Waals surface area (Å²) in [5, 5.41) is 12.0. The van der Waals surface area contributed by atoms with E-state index in [1.54, 1.807) is 30.3 Å².